The minimum Gasteiger partial charge on any atom is -0.267 e. The Morgan fingerprint density at radius 2 is 2.28 bits per heavy atom. The lowest BCUT2D eigenvalue weighted by atomic mass is 10.3. The number of rotatable bonds is 2. The number of halogens is 1. The summed E-state index contributed by atoms with van der Waals surface area (Å²) < 4.78 is 3.26. The fourth-order valence-electron chi connectivity index (χ4n) is 1.71. The highest BCUT2D eigenvalue weighted by atomic mass is 79.9. The van der Waals surface area contributed by atoms with E-state index in [9.17, 15) is 4.79 Å². The van der Waals surface area contributed by atoms with Gasteiger partial charge in [0.15, 0.2) is 0 Å². The number of hydrogen-bond donors (Lipinski definition) is 0. The van der Waals surface area contributed by atoms with E-state index in [0.717, 1.165) is 14.2 Å². The van der Waals surface area contributed by atoms with Crippen LogP contribution in [0.3, 0.4) is 0 Å². The van der Waals surface area contributed by atoms with Gasteiger partial charge in [-0.1, -0.05) is 6.07 Å². The molecule has 0 fully saturated rings. The van der Waals surface area contributed by atoms with Gasteiger partial charge in [-0.15, -0.1) is 11.3 Å². The quantitative estimate of drug-likeness (QED) is 0.729. The van der Waals surface area contributed by atoms with Gasteiger partial charge in [0, 0.05) is 6.20 Å². The number of aromatic nitrogens is 3. The topological polar surface area (TPSA) is 47.8 Å². The summed E-state index contributed by atoms with van der Waals surface area (Å²) in [5.74, 6) is 0. The number of hydrogen-bond acceptors (Lipinski definition) is 4. The van der Waals surface area contributed by atoms with Crippen LogP contribution in [0.2, 0.25) is 0 Å². The van der Waals surface area contributed by atoms with Gasteiger partial charge >= 0.3 is 0 Å². The minimum atomic E-state index is -0.0832. The van der Waals surface area contributed by atoms with Crippen molar-refractivity contribution >= 4 is 37.4 Å². The Hall–Kier alpha value is -1.53. The summed E-state index contributed by atoms with van der Waals surface area (Å²) in [6.07, 6.45) is 3.43. The lowest BCUT2D eigenvalue weighted by Crippen LogP contribution is -2.23. The van der Waals surface area contributed by atoms with E-state index in [4.69, 9.17) is 0 Å². The summed E-state index contributed by atoms with van der Waals surface area (Å²) in [5.41, 5.74) is 0.737. The highest BCUT2D eigenvalue weighted by Gasteiger charge is 2.08. The molecular formula is C12H8BrN3OS. The largest absolute Gasteiger partial charge is 0.275 e. The Labute approximate surface area is 115 Å². The Kier molecular flexibility index (Phi) is 2.97. The zero-order valence-corrected chi connectivity index (χ0v) is 11.6. The Balaban J connectivity index is 2.08. The van der Waals surface area contributed by atoms with E-state index in [-0.39, 0.29) is 5.56 Å². The first-order valence-corrected chi connectivity index (χ1v) is 6.90. The molecule has 3 aromatic rings. The second kappa shape index (κ2) is 4.62. The summed E-state index contributed by atoms with van der Waals surface area (Å²) in [6, 6.07) is 7.45. The first-order chi connectivity index (χ1) is 8.74. The Morgan fingerprint density at radius 3 is 3.06 bits per heavy atom. The van der Waals surface area contributed by atoms with Crippen LogP contribution in [0.25, 0.3) is 10.1 Å². The lowest BCUT2D eigenvalue weighted by Gasteiger charge is -2.03. The minimum absolute atomic E-state index is 0.0832. The molecule has 0 atom stereocenters. The van der Waals surface area contributed by atoms with Crippen LogP contribution in [0.15, 0.2) is 45.2 Å². The standard InChI is InChI=1S/C12H8BrN3OS/c13-11-5-9-10(18-11)6-15-16(12(9)17)7-8-3-1-2-4-14-8/h1-6H,7H2. The highest BCUT2D eigenvalue weighted by Crippen LogP contribution is 2.26. The molecule has 4 nitrogen and oxygen atoms in total. The fourth-order valence-corrected chi connectivity index (χ4v) is 3.20. The molecule has 0 radical (unpaired) electrons. The molecule has 0 N–H and O–H groups in total. The van der Waals surface area contributed by atoms with Crippen LogP contribution in [0.1, 0.15) is 5.69 Å². The average Bonchev–Trinajstić information content (AvgIpc) is 2.76. The number of fused-ring (bicyclic) bond motifs is 1. The van der Waals surface area contributed by atoms with Gasteiger partial charge in [0.05, 0.1) is 32.3 Å². The van der Waals surface area contributed by atoms with Gasteiger partial charge in [-0.05, 0) is 34.1 Å². The van der Waals surface area contributed by atoms with Crippen molar-refractivity contribution in [2.45, 2.75) is 6.54 Å². The van der Waals surface area contributed by atoms with Crippen LogP contribution in [0.4, 0.5) is 0 Å². The molecule has 0 saturated carbocycles. The van der Waals surface area contributed by atoms with Crippen molar-refractivity contribution in [2.24, 2.45) is 0 Å². The maximum atomic E-state index is 12.2. The normalized spacial score (nSPS) is 10.9. The van der Waals surface area contributed by atoms with Gasteiger partial charge < -0.3 is 0 Å². The molecule has 6 heteroatoms. The smallest absolute Gasteiger partial charge is 0.267 e. The van der Waals surface area contributed by atoms with Crippen molar-refractivity contribution in [3.05, 3.63) is 56.5 Å². The van der Waals surface area contributed by atoms with E-state index in [2.05, 4.69) is 26.0 Å². The van der Waals surface area contributed by atoms with Crippen LogP contribution in [0.5, 0.6) is 0 Å². The molecule has 3 aromatic heterocycles. The molecule has 3 rings (SSSR count). The third-order valence-electron chi connectivity index (χ3n) is 2.55. The maximum absolute atomic E-state index is 12.2. The van der Waals surface area contributed by atoms with Crippen molar-refractivity contribution in [2.75, 3.05) is 0 Å². The third kappa shape index (κ3) is 2.09. The molecule has 0 amide bonds. The molecule has 18 heavy (non-hydrogen) atoms. The van der Waals surface area contributed by atoms with Gasteiger partial charge in [0.2, 0.25) is 0 Å². The van der Waals surface area contributed by atoms with Crippen LogP contribution < -0.4 is 5.56 Å². The van der Waals surface area contributed by atoms with Crippen LogP contribution >= 0.6 is 27.3 Å². The van der Waals surface area contributed by atoms with Gasteiger partial charge in [0.25, 0.3) is 5.56 Å². The van der Waals surface area contributed by atoms with E-state index >= 15 is 0 Å². The van der Waals surface area contributed by atoms with Crippen molar-refractivity contribution in [1.29, 1.82) is 0 Å². The van der Waals surface area contributed by atoms with Gasteiger partial charge in [-0.2, -0.15) is 5.10 Å². The number of pyridine rings is 1. The van der Waals surface area contributed by atoms with Gasteiger partial charge in [-0.25, -0.2) is 4.68 Å². The second-order valence-corrected chi connectivity index (χ2v) is 6.22. The number of nitrogens with zero attached hydrogens (tertiary/aromatic N) is 3. The van der Waals surface area contributed by atoms with E-state index < -0.39 is 0 Å². The third-order valence-corrected chi connectivity index (χ3v) is 4.12. The predicted octanol–water partition coefficient (Wildman–Crippen LogP) is 2.66. The maximum Gasteiger partial charge on any atom is 0.275 e. The van der Waals surface area contributed by atoms with Crippen molar-refractivity contribution in [3.8, 4) is 0 Å². The summed E-state index contributed by atoms with van der Waals surface area (Å²) in [5, 5.41) is 4.86. The summed E-state index contributed by atoms with van der Waals surface area (Å²) in [7, 11) is 0. The average molecular weight is 322 g/mol. The van der Waals surface area contributed by atoms with Gasteiger partial charge in [-0.3, -0.25) is 9.78 Å². The van der Waals surface area contributed by atoms with Crippen LogP contribution in [-0.2, 0) is 6.54 Å². The Morgan fingerprint density at radius 1 is 1.39 bits per heavy atom. The van der Waals surface area contributed by atoms with Crippen LogP contribution in [0, 0.1) is 0 Å². The van der Waals surface area contributed by atoms with E-state index in [1.54, 1.807) is 12.4 Å². The van der Waals surface area contributed by atoms with E-state index in [0.29, 0.717) is 11.9 Å². The predicted molar refractivity (Wildman–Crippen MR) is 74.9 cm³/mol. The highest BCUT2D eigenvalue weighted by molar-refractivity contribution is 9.11. The molecule has 0 aliphatic rings. The summed E-state index contributed by atoms with van der Waals surface area (Å²) in [6.45, 7) is 0.392. The molecule has 0 aliphatic heterocycles. The second-order valence-electron chi connectivity index (χ2n) is 3.76. The van der Waals surface area contributed by atoms with Crippen molar-refractivity contribution in [3.63, 3.8) is 0 Å². The lowest BCUT2D eigenvalue weighted by molar-refractivity contribution is 0.636. The van der Waals surface area contributed by atoms with Gasteiger partial charge in [0.1, 0.15) is 0 Å². The molecular weight excluding hydrogens is 314 g/mol. The van der Waals surface area contributed by atoms with Crippen molar-refractivity contribution in [1.82, 2.24) is 14.8 Å². The molecule has 0 aromatic carbocycles. The molecule has 3 heterocycles. The zero-order chi connectivity index (χ0) is 12.5. The van der Waals surface area contributed by atoms with E-state index in [1.165, 1.54) is 16.0 Å². The summed E-state index contributed by atoms with van der Waals surface area (Å²) in [4.78, 5) is 16.4. The number of thiophene rings is 1. The molecule has 90 valence electrons. The zero-order valence-electron chi connectivity index (χ0n) is 9.21. The molecule has 0 saturated heterocycles. The summed E-state index contributed by atoms with van der Waals surface area (Å²) >= 11 is 4.89. The Bertz CT molecular complexity index is 751. The SMILES string of the molecule is O=c1c2cc(Br)sc2cnn1Cc1ccccn1. The molecule has 0 aliphatic carbocycles. The monoisotopic (exact) mass is 321 g/mol. The van der Waals surface area contributed by atoms with Crippen molar-refractivity contribution < 1.29 is 0 Å². The first kappa shape index (κ1) is 11.6. The molecule has 0 spiro atoms. The molecule has 0 bridgehead atoms. The molecule has 0 unspecified atom stereocenters. The first-order valence-electron chi connectivity index (χ1n) is 5.29. The fraction of sp³-hybridized carbons (Fsp3) is 0.0833. The van der Waals surface area contributed by atoms with E-state index in [1.807, 2.05) is 24.3 Å². The van der Waals surface area contributed by atoms with Crippen LogP contribution in [-0.4, -0.2) is 14.8 Å².